The van der Waals surface area contributed by atoms with Crippen LogP contribution >= 0.6 is 22.7 Å². The smallest absolute Gasteiger partial charge is 0.270 e. The van der Waals surface area contributed by atoms with Crippen LogP contribution in [0.3, 0.4) is 0 Å². The maximum absolute atomic E-state index is 11.7. The summed E-state index contributed by atoms with van der Waals surface area (Å²) in [4.78, 5) is 16.9. The van der Waals surface area contributed by atoms with Gasteiger partial charge >= 0.3 is 0 Å². The monoisotopic (exact) mass is 284 g/mol. The van der Waals surface area contributed by atoms with E-state index in [1.807, 2.05) is 17.5 Å². The zero-order chi connectivity index (χ0) is 13.0. The van der Waals surface area contributed by atoms with E-state index in [0.29, 0.717) is 5.69 Å². The topological polar surface area (TPSA) is 82.5 Å². The Morgan fingerprint density at radius 1 is 1.50 bits per heavy atom. The molecule has 1 unspecified atom stereocenters. The summed E-state index contributed by atoms with van der Waals surface area (Å²) in [6.07, 6.45) is -0.940. The van der Waals surface area contributed by atoms with Crippen molar-refractivity contribution in [3.63, 3.8) is 0 Å². The number of rotatable bonds is 5. The van der Waals surface area contributed by atoms with Crippen LogP contribution in [0, 0.1) is 0 Å². The zero-order valence-corrected chi connectivity index (χ0v) is 11.0. The van der Waals surface area contributed by atoms with Gasteiger partial charge in [-0.05, 0) is 11.4 Å². The Hall–Kier alpha value is -1.28. The molecule has 96 valence electrons. The van der Waals surface area contributed by atoms with Gasteiger partial charge in [0.05, 0.1) is 17.6 Å². The van der Waals surface area contributed by atoms with Gasteiger partial charge in [-0.15, -0.1) is 22.7 Å². The summed E-state index contributed by atoms with van der Waals surface area (Å²) in [5.74, 6) is -0.346. The molecule has 0 aliphatic heterocycles. The molecule has 0 radical (unpaired) electrons. The van der Waals surface area contributed by atoms with E-state index >= 15 is 0 Å². The van der Waals surface area contributed by atoms with E-state index in [4.69, 9.17) is 10.2 Å². The lowest BCUT2D eigenvalue weighted by molar-refractivity contribution is 0.0799. The van der Waals surface area contributed by atoms with Gasteiger partial charge in [0.25, 0.3) is 5.91 Å². The van der Waals surface area contributed by atoms with Gasteiger partial charge < -0.3 is 15.5 Å². The van der Waals surface area contributed by atoms with Crippen LogP contribution in [0.2, 0.25) is 0 Å². The maximum atomic E-state index is 11.7. The third-order valence-corrected chi connectivity index (χ3v) is 4.06. The van der Waals surface area contributed by atoms with Crippen molar-refractivity contribution in [3.8, 4) is 9.88 Å². The summed E-state index contributed by atoms with van der Waals surface area (Å²) >= 11 is 2.97. The van der Waals surface area contributed by atoms with Crippen LogP contribution in [0.5, 0.6) is 0 Å². The molecule has 0 saturated carbocycles. The number of aromatic nitrogens is 1. The van der Waals surface area contributed by atoms with Crippen molar-refractivity contribution in [1.82, 2.24) is 10.3 Å². The lowest BCUT2D eigenvalue weighted by Gasteiger charge is -2.07. The van der Waals surface area contributed by atoms with Crippen LogP contribution in [0.4, 0.5) is 0 Å². The van der Waals surface area contributed by atoms with Gasteiger partial charge in [0, 0.05) is 11.9 Å². The molecule has 0 fully saturated rings. The Bertz CT molecular complexity index is 510. The Morgan fingerprint density at radius 3 is 3.00 bits per heavy atom. The number of nitrogens with one attached hydrogen (secondary N) is 1. The number of aliphatic hydroxyl groups excluding tert-OH is 2. The number of nitrogens with zero attached hydrogens (tertiary/aromatic N) is 1. The molecular formula is C11H12N2O3S2. The van der Waals surface area contributed by atoms with Gasteiger partial charge in [0.2, 0.25) is 0 Å². The van der Waals surface area contributed by atoms with Gasteiger partial charge in [-0.3, -0.25) is 4.79 Å². The quantitative estimate of drug-likeness (QED) is 0.763. The Morgan fingerprint density at radius 2 is 2.33 bits per heavy atom. The van der Waals surface area contributed by atoms with Crippen molar-refractivity contribution in [2.24, 2.45) is 0 Å². The first kappa shape index (κ1) is 13.2. The van der Waals surface area contributed by atoms with Crippen LogP contribution in [0.1, 0.15) is 10.5 Å². The average molecular weight is 284 g/mol. The molecule has 5 nitrogen and oxygen atoms in total. The highest BCUT2D eigenvalue weighted by molar-refractivity contribution is 7.20. The predicted octanol–water partition coefficient (Wildman–Crippen LogP) is 0.955. The number of hydrogen-bond donors (Lipinski definition) is 3. The van der Waals surface area contributed by atoms with Crippen LogP contribution in [0.15, 0.2) is 22.9 Å². The molecule has 1 amide bonds. The molecule has 0 aliphatic carbocycles. The molecule has 7 heteroatoms. The average Bonchev–Trinajstić information content (AvgIpc) is 3.04. The molecular weight excluding hydrogens is 272 g/mol. The molecule has 1 atom stereocenters. The standard InChI is InChI=1S/C11H12N2O3S2/c14-5-7(15)4-12-10(16)8-6-18-11(13-8)9-2-1-3-17-9/h1-3,6-7,14-15H,4-5H2,(H,12,16). The fraction of sp³-hybridized carbons (Fsp3) is 0.273. The minimum absolute atomic E-state index is 0.0151. The van der Waals surface area contributed by atoms with Crippen molar-refractivity contribution in [2.75, 3.05) is 13.2 Å². The largest absolute Gasteiger partial charge is 0.394 e. The fourth-order valence-corrected chi connectivity index (χ4v) is 2.87. The third-order valence-electron chi connectivity index (χ3n) is 2.18. The van der Waals surface area contributed by atoms with Crippen molar-refractivity contribution >= 4 is 28.6 Å². The lowest BCUT2D eigenvalue weighted by atomic mass is 10.3. The van der Waals surface area contributed by atoms with Gasteiger partial charge in [0.15, 0.2) is 0 Å². The highest BCUT2D eigenvalue weighted by Crippen LogP contribution is 2.27. The molecule has 0 bridgehead atoms. The number of thiazole rings is 1. The van der Waals surface area contributed by atoms with Crippen LogP contribution < -0.4 is 5.32 Å². The van der Waals surface area contributed by atoms with E-state index in [1.54, 1.807) is 16.7 Å². The molecule has 0 aliphatic rings. The van der Waals surface area contributed by atoms with Gasteiger partial charge in [-0.1, -0.05) is 6.07 Å². The predicted molar refractivity (Wildman–Crippen MR) is 70.9 cm³/mol. The summed E-state index contributed by atoms with van der Waals surface area (Å²) in [6, 6.07) is 3.87. The summed E-state index contributed by atoms with van der Waals surface area (Å²) in [6.45, 7) is -0.362. The first-order valence-electron chi connectivity index (χ1n) is 5.27. The number of amides is 1. The van der Waals surface area contributed by atoms with Crippen molar-refractivity contribution in [3.05, 3.63) is 28.6 Å². The SMILES string of the molecule is O=C(NCC(O)CO)c1csc(-c2cccs2)n1. The number of carbonyl (C=O) groups excluding carboxylic acids is 1. The van der Waals surface area contributed by atoms with E-state index in [0.717, 1.165) is 9.88 Å². The maximum Gasteiger partial charge on any atom is 0.270 e. The lowest BCUT2D eigenvalue weighted by Crippen LogP contribution is -2.34. The van der Waals surface area contributed by atoms with Gasteiger partial charge in [-0.25, -0.2) is 4.98 Å². The van der Waals surface area contributed by atoms with Gasteiger partial charge in [0.1, 0.15) is 10.7 Å². The van der Waals surface area contributed by atoms with Crippen LogP contribution in [-0.2, 0) is 0 Å². The second-order valence-electron chi connectivity index (χ2n) is 3.56. The molecule has 0 spiro atoms. The van der Waals surface area contributed by atoms with Crippen molar-refractivity contribution in [2.45, 2.75) is 6.10 Å². The van der Waals surface area contributed by atoms with Crippen molar-refractivity contribution in [1.29, 1.82) is 0 Å². The highest BCUT2D eigenvalue weighted by atomic mass is 32.1. The number of thiophene rings is 1. The second kappa shape index (κ2) is 6.05. The molecule has 2 rings (SSSR count). The summed E-state index contributed by atoms with van der Waals surface area (Å²) < 4.78 is 0. The van der Waals surface area contributed by atoms with E-state index in [9.17, 15) is 4.79 Å². The second-order valence-corrected chi connectivity index (χ2v) is 5.37. The van der Waals surface area contributed by atoms with E-state index in [2.05, 4.69) is 10.3 Å². The summed E-state index contributed by atoms with van der Waals surface area (Å²) in [5, 5.41) is 24.7. The normalized spacial score (nSPS) is 12.3. The molecule has 3 N–H and O–H groups in total. The molecule has 2 aromatic heterocycles. The molecule has 18 heavy (non-hydrogen) atoms. The van der Waals surface area contributed by atoms with E-state index in [-0.39, 0.29) is 19.1 Å². The third kappa shape index (κ3) is 3.14. The Labute approximate surface area is 112 Å². The number of carbonyl (C=O) groups is 1. The molecule has 2 aromatic rings. The fourth-order valence-electron chi connectivity index (χ4n) is 1.26. The minimum atomic E-state index is -0.940. The first-order chi connectivity index (χ1) is 8.70. The zero-order valence-electron chi connectivity index (χ0n) is 9.37. The Kier molecular flexibility index (Phi) is 4.43. The van der Waals surface area contributed by atoms with Crippen LogP contribution in [0.25, 0.3) is 9.88 Å². The van der Waals surface area contributed by atoms with E-state index in [1.165, 1.54) is 11.3 Å². The van der Waals surface area contributed by atoms with E-state index < -0.39 is 6.10 Å². The first-order valence-corrected chi connectivity index (χ1v) is 7.03. The van der Waals surface area contributed by atoms with Crippen molar-refractivity contribution < 1.29 is 15.0 Å². The minimum Gasteiger partial charge on any atom is -0.394 e. The summed E-state index contributed by atoms with van der Waals surface area (Å²) in [5.41, 5.74) is 0.327. The number of aliphatic hydroxyl groups is 2. The highest BCUT2D eigenvalue weighted by Gasteiger charge is 2.13. The van der Waals surface area contributed by atoms with Gasteiger partial charge in [-0.2, -0.15) is 0 Å². The molecule has 0 aromatic carbocycles. The Balaban J connectivity index is 1.99. The number of hydrogen-bond acceptors (Lipinski definition) is 6. The summed E-state index contributed by atoms with van der Waals surface area (Å²) in [7, 11) is 0. The molecule has 0 saturated heterocycles. The van der Waals surface area contributed by atoms with Crippen LogP contribution in [-0.4, -0.2) is 40.4 Å². The molecule has 2 heterocycles.